The van der Waals surface area contributed by atoms with Crippen LogP contribution in [-0.4, -0.2) is 65.6 Å². The van der Waals surface area contributed by atoms with Crippen LogP contribution < -0.4 is 10.1 Å². The first-order valence-corrected chi connectivity index (χ1v) is 12.5. The van der Waals surface area contributed by atoms with Crippen molar-refractivity contribution in [2.75, 3.05) is 19.7 Å². The highest BCUT2D eigenvalue weighted by molar-refractivity contribution is 6.01. The van der Waals surface area contributed by atoms with E-state index in [1.54, 1.807) is 4.90 Å². The standard InChI is InChI=1S/C26H35N3O4/c1-3-32-19-11-13-28(14-12-19)22-5-4-6-24(22)33-20-8-9-21-18(15-20)16-29(26(21)31)23-10-7-17(2)27-25(23)30/h8-9,15,19,22-24H,2-7,10-14,16H2,1H3,(H,27,30)/t22-,23?,24+/m1/s1. The van der Waals surface area contributed by atoms with Crippen LogP contribution in [0.15, 0.2) is 30.5 Å². The largest absolute Gasteiger partial charge is 0.489 e. The Hall–Kier alpha value is -2.38. The summed E-state index contributed by atoms with van der Waals surface area (Å²) < 4.78 is 12.3. The molecule has 2 saturated heterocycles. The molecule has 0 aromatic heterocycles. The van der Waals surface area contributed by atoms with Crippen molar-refractivity contribution in [3.05, 3.63) is 41.6 Å². The number of benzene rings is 1. The molecule has 3 atom stereocenters. The van der Waals surface area contributed by atoms with E-state index in [1.165, 1.54) is 12.8 Å². The zero-order chi connectivity index (χ0) is 22.9. The van der Waals surface area contributed by atoms with Gasteiger partial charge in [-0.3, -0.25) is 14.5 Å². The smallest absolute Gasteiger partial charge is 0.255 e. The number of hydrogen-bond donors (Lipinski definition) is 1. The second kappa shape index (κ2) is 9.47. The highest BCUT2D eigenvalue weighted by Gasteiger charge is 2.39. The number of piperidine rings is 2. The van der Waals surface area contributed by atoms with Crippen molar-refractivity contribution in [1.82, 2.24) is 15.1 Å². The molecule has 0 bridgehead atoms. The van der Waals surface area contributed by atoms with Crippen molar-refractivity contribution in [1.29, 1.82) is 0 Å². The lowest BCUT2D eigenvalue weighted by Crippen LogP contribution is -2.49. The molecule has 3 heterocycles. The first-order chi connectivity index (χ1) is 16.0. The van der Waals surface area contributed by atoms with Crippen molar-refractivity contribution in [3.8, 4) is 5.75 Å². The third-order valence-corrected chi connectivity index (χ3v) is 7.66. The van der Waals surface area contributed by atoms with Crippen LogP contribution >= 0.6 is 0 Å². The number of carbonyl (C=O) groups is 2. The van der Waals surface area contributed by atoms with E-state index in [9.17, 15) is 9.59 Å². The average Bonchev–Trinajstić information content (AvgIpc) is 3.39. The van der Waals surface area contributed by atoms with Gasteiger partial charge in [0.2, 0.25) is 5.91 Å². The lowest BCUT2D eigenvalue weighted by atomic mass is 10.0. The van der Waals surface area contributed by atoms with Crippen LogP contribution in [0.3, 0.4) is 0 Å². The van der Waals surface area contributed by atoms with Crippen molar-refractivity contribution in [2.45, 2.75) is 82.7 Å². The highest BCUT2D eigenvalue weighted by Crippen LogP contribution is 2.34. The summed E-state index contributed by atoms with van der Waals surface area (Å²) in [4.78, 5) is 29.7. The van der Waals surface area contributed by atoms with E-state index in [0.29, 0.717) is 37.1 Å². The first-order valence-electron chi connectivity index (χ1n) is 12.5. The van der Waals surface area contributed by atoms with Crippen LogP contribution in [0.2, 0.25) is 0 Å². The Bertz CT molecular complexity index is 924. The minimum Gasteiger partial charge on any atom is -0.489 e. The van der Waals surface area contributed by atoms with Gasteiger partial charge in [-0.1, -0.05) is 6.58 Å². The van der Waals surface area contributed by atoms with Crippen LogP contribution in [0.25, 0.3) is 0 Å². The Kier molecular flexibility index (Phi) is 6.43. The summed E-state index contributed by atoms with van der Waals surface area (Å²) in [6.45, 7) is 9.28. The molecule has 1 aromatic rings. The van der Waals surface area contributed by atoms with E-state index < -0.39 is 6.04 Å². The molecule has 178 valence electrons. The molecule has 7 heteroatoms. The Balaban J connectivity index is 1.23. The molecule has 2 amide bonds. The highest BCUT2D eigenvalue weighted by atomic mass is 16.5. The predicted molar refractivity (Wildman–Crippen MR) is 125 cm³/mol. The van der Waals surface area contributed by atoms with Gasteiger partial charge in [-0.15, -0.1) is 0 Å². The number of rotatable bonds is 6. The second-order valence-corrected chi connectivity index (χ2v) is 9.74. The molecule has 1 aliphatic carbocycles. The number of allylic oxidation sites excluding steroid dienone is 1. The van der Waals surface area contributed by atoms with Crippen molar-refractivity contribution >= 4 is 11.8 Å². The maximum absolute atomic E-state index is 13.0. The number of hydrogen-bond acceptors (Lipinski definition) is 5. The van der Waals surface area contributed by atoms with Gasteiger partial charge in [-0.05, 0) is 75.6 Å². The molecule has 1 saturated carbocycles. The van der Waals surface area contributed by atoms with E-state index >= 15 is 0 Å². The summed E-state index contributed by atoms with van der Waals surface area (Å²) in [7, 11) is 0. The van der Waals surface area contributed by atoms with Gasteiger partial charge >= 0.3 is 0 Å². The number of likely N-dealkylation sites (tertiary alicyclic amines) is 1. The molecular weight excluding hydrogens is 418 g/mol. The van der Waals surface area contributed by atoms with Crippen molar-refractivity contribution in [3.63, 3.8) is 0 Å². The predicted octanol–water partition coefficient (Wildman–Crippen LogP) is 3.24. The summed E-state index contributed by atoms with van der Waals surface area (Å²) in [5, 5.41) is 2.79. The molecule has 3 aliphatic heterocycles. The number of carbonyl (C=O) groups excluding carboxylic acids is 2. The fraction of sp³-hybridized carbons (Fsp3) is 0.615. The number of ether oxygens (including phenoxy) is 2. The molecule has 0 spiro atoms. The second-order valence-electron chi connectivity index (χ2n) is 9.74. The zero-order valence-corrected chi connectivity index (χ0v) is 19.6. The van der Waals surface area contributed by atoms with Gasteiger partial charge in [0, 0.05) is 43.5 Å². The van der Waals surface area contributed by atoms with E-state index in [1.807, 2.05) is 18.2 Å². The Labute approximate surface area is 196 Å². The zero-order valence-electron chi connectivity index (χ0n) is 19.6. The van der Waals surface area contributed by atoms with Crippen LogP contribution in [-0.2, 0) is 16.1 Å². The van der Waals surface area contributed by atoms with Gasteiger partial charge < -0.3 is 19.7 Å². The van der Waals surface area contributed by atoms with E-state index in [2.05, 4.69) is 23.7 Å². The molecule has 7 nitrogen and oxygen atoms in total. The van der Waals surface area contributed by atoms with Crippen LogP contribution in [0, 0.1) is 0 Å². The van der Waals surface area contributed by atoms with E-state index in [-0.39, 0.29) is 17.9 Å². The third-order valence-electron chi connectivity index (χ3n) is 7.66. The minimum absolute atomic E-state index is 0.0693. The molecule has 1 N–H and O–H groups in total. The molecule has 4 aliphatic rings. The summed E-state index contributed by atoms with van der Waals surface area (Å²) in [5.74, 6) is 0.622. The summed E-state index contributed by atoms with van der Waals surface area (Å²) in [5.41, 5.74) is 2.35. The van der Waals surface area contributed by atoms with Crippen LogP contribution in [0.4, 0.5) is 0 Å². The Morgan fingerprint density at radius 2 is 1.94 bits per heavy atom. The first kappa shape index (κ1) is 22.4. The van der Waals surface area contributed by atoms with E-state index in [0.717, 1.165) is 56.0 Å². The Morgan fingerprint density at radius 1 is 1.12 bits per heavy atom. The van der Waals surface area contributed by atoms with Gasteiger partial charge in [0.15, 0.2) is 0 Å². The lowest BCUT2D eigenvalue weighted by Gasteiger charge is -2.38. The third kappa shape index (κ3) is 4.53. The number of fused-ring (bicyclic) bond motifs is 1. The summed E-state index contributed by atoms with van der Waals surface area (Å²) >= 11 is 0. The summed E-state index contributed by atoms with van der Waals surface area (Å²) in [6.07, 6.45) is 7.50. The fourth-order valence-electron chi connectivity index (χ4n) is 5.95. The van der Waals surface area contributed by atoms with Gasteiger partial charge in [0.05, 0.1) is 6.10 Å². The van der Waals surface area contributed by atoms with Crippen LogP contribution in [0.1, 0.15) is 67.8 Å². The fourth-order valence-corrected chi connectivity index (χ4v) is 5.95. The van der Waals surface area contributed by atoms with Gasteiger partial charge in [0.1, 0.15) is 17.9 Å². The molecular formula is C26H35N3O4. The van der Waals surface area contributed by atoms with Gasteiger partial charge in [-0.25, -0.2) is 0 Å². The maximum Gasteiger partial charge on any atom is 0.255 e. The van der Waals surface area contributed by atoms with Gasteiger partial charge in [0.25, 0.3) is 5.91 Å². The molecule has 0 radical (unpaired) electrons. The SMILES string of the molecule is C=C1CCC(N2Cc3cc(O[C@H]4CCC[C@H]4N4CCC(OCC)CC4)ccc3C2=O)C(=O)N1. The quantitative estimate of drug-likeness (QED) is 0.716. The molecule has 5 rings (SSSR count). The van der Waals surface area contributed by atoms with Gasteiger partial charge in [-0.2, -0.15) is 0 Å². The number of amides is 2. The van der Waals surface area contributed by atoms with Crippen molar-refractivity contribution < 1.29 is 19.1 Å². The van der Waals surface area contributed by atoms with Crippen molar-refractivity contribution in [2.24, 2.45) is 0 Å². The molecule has 33 heavy (non-hydrogen) atoms. The topological polar surface area (TPSA) is 71.1 Å². The molecule has 3 fully saturated rings. The maximum atomic E-state index is 13.0. The monoisotopic (exact) mass is 453 g/mol. The van der Waals surface area contributed by atoms with Crippen LogP contribution in [0.5, 0.6) is 5.75 Å². The minimum atomic E-state index is -0.432. The Morgan fingerprint density at radius 3 is 2.70 bits per heavy atom. The molecule has 1 unspecified atom stereocenters. The number of nitrogens with one attached hydrogen (secondary N) is 1. The normalized spacial score (nSPS) is 28.8. The lowest BCUT2D eigenvalue weighted by molar-refractivity contribution is -0.126. The average molecular weight is 454 g/mol. The summed E-state index contributed by atoms with van der Waals surface area (Å²) in [6, 6.07) is 5.80. The van der Waals surface area contributed by atoms with E-state index in [4.69, 9.17) is 9.47 Å². The number of nitrogens with zero attached hydrogens (tertiary/aromatic N) is 2. The molecule has 1 aromatic carbocycles.